The van der Waals surface area contributed by atoms with Crippen molar-refractivity contribution in [1.82, 2.24) is 0 Å². The van der Waals surface area contributed by atoms with Gasteiger partial charge in [0.15, 0.2) is 0 Å². The van der Waals surface area contributed by atoms with Crippen LogP contribution in [0.3, 0.4) is 0 Å². The van der Waals surface area contributed by atoms with Gasteiger partial charge in [0.25, 0.3) is 0 Å². The molecule has 0 fully saturated rings. The molecule has 2 aromatic rings. The number of hydrogen-bond acceptors (Lipinski definition) is 2. The molecule has 0 aromatic heterocycles. The maximum Gasteiger partial charge on any atom is 0.0369 e. The van der Waals surface area contributed by atoms with E-state index >= 15 is 0 Å². The average molecular weight is 405 g/mol. The summed E-state index contributed by atoms with van der Waals surface area (Å²) >= 11 is 0. The van der Waals surface area contributed by atoms with Crippen molar-refractivity contribution in [2.75, 3.05) is 37.0 Å². The fourth-order valence-corrected chi connectivity index (χ4v) is 2.98. The molecule has 1 aliphatic rings. The summed E-state index contributed by atoms with van der Waals surface area (Å²) in [6.45, 7) is 14.4. The largest absolute Gasteiger partial charge is 0.375 e. The topological polar surface area (TPSA) is 6.48 Å². The molecule has 1 aliphatic carbocycles. The Balaban J connectivity index is -0.000000369. The minimum absolute atomic E-state index is 0. The molecule has 0 bridgehead atoms. The third-order valence-electron chi connectivity index (χ3n) is 4.69. The molecule has 3 rings (SSSR count). The third-order valence-corrected chi connectivity index (χ3v) is 4.69. The first-order valence-corrected chi connectivity index (χ1v) is 9.82. The second-order valence-corrected chi connectivity index (χ2v) is 5.89. The molecule has 0 aliphatic heterocycles. The number of benzene rings is 2. The summed E-state index contributed by atoms with van der Waals surface area (Å²) in [6.07, 6.45) is 1.07. The van der Waals surface area contributed by atoms with Crippen molar-refractivity contribution in [3.05, 3.63) is 47.5 Å². The second-order valence-electron chi connectivity index (χ2n) is 5.89. The van der Waals surface area contributed by atoms with E-state index < -0.39 is 0 Å². The summed E-state index contributed by atoms with van der Waals surface area (Å²) in [5, 5.41) is 0. The van der Waals surface area contributed by atoms with Crippen LogP contribution in [0.15, 0.2) is 36.4 Å². The van der Waals surface area contributed by atoms with Gasteiger partial charge in [-0.2, -0.15) is 0 Å². The Hall–Kier alpha value is -1.96. The number of anilines is 2. The molecule has 2 heteroatoms. The van der Waals surface area contributed by atoms with E-state index in [9.17, 15) is 0 Å². The highest BCUT2D eigenvalue weighted by molar-refractivity contribution is 5.82. The van der Waals surface area contributed by atoms with Gasteiger partial charge in [-0.25, -0.2) is 0 Å². The Morgan fingerprint density at radius 1 is 0.621 bits per heavy atom. The summed E-state index contributed by atoms with van der Waals surface area (Å²) in [5.74, 6) is 0. The number of fused-ring (bicyclic) bond motifs is 3. The number of hydrogen-bond donors (Lipinski definition) is 0. The predicted octanol–water partition coefficient (Wildman–Crippen LogP) is 8.77. The number of nitrogens with zero attached hydrogens (tertiary/aromatic N) is 2. The van der Waals surface area contributed by atoms with E-state index in [-0.39, 0.29) is 29.7 Å². The molecular formula is C27H52N2. The van der Waals surface area contributed by atoms with Crippen LogP contribution in [0.25, 0.3) is 11.1 Å². The van der Waals surface area contributed by atoms with Gasteiger partial charge in [0.2, 0.25) is 0 Å². The lowest BCUT2D eigenvalue weighted by molar-refractivity contribution is 0.967. The summed E-state index contributed by atoms with van der Waals surface area (Å²) in [4.78, 5) is 4.58. The van der Waals surface area contributed by atoms with E-state index in [4.69, 9.17) is 0 Å². The van der Waals surface area contributed by atoms with Crippen LogP contribution in [0.5, 0.6) is 0 Å². The Morgan fingerprint density at radius 3 is 1.21 bits per heavy atom. The van der Waals surface area contributed by atoms with Gasteiger partial charge in [-0.15, -0.1) is 0 Å². The van der Waals surface area contributed by atoms with Crippen molar-refractivity contribution in [1.29, 1.82) is 0 Å². The van der Waals surface area contributed by atoms with E-state index in [2.05, 4.69) is 74.1 Å². The Labute approximate surface area is 185 Å². The fourth-order valence-electron chi connectivity index (χ4n) is 2.98. The minimum Gasteiger partial charge on any atom is -0.375 e. The molecule has 0 atom stereocenters. The predicted molar refractivity (Wildman–Crippen MR) is 142 cm³/mol. The first-order chi connectivity index (χ1) is 12.1. The summed E-state index contributed by atoms with van der Waals surface area (Å²) in [7, 11) is 4.30. The monoisotopic (exact) mass is 404 g/mol. The molecule has 170 valence electrons. The Kier molecular flexibility index (Phi) is 20.2. The van der Waals surface area contributed by atoms with Crippen molar-refractivity contribution in [3.8, 4) is 11.1 Å². The molecule has 2 aromatic carbocycles. The molecule has 0 unspecified atom stereocenters. The maximum atomic E-state index is 2.35. The molecule has 0 saturated heterocycles. The van der Waals surface area contributed by atoms with Gasteiger partial charge in [-0.05, 0) is 66.8 Å². The zero-order chi connectivity index (χ0) is 19.0. The average Bonchev–Trinajstić information content (AvgIpc) is 3.06. The highest BCUT2D eigenvalue weighted by Crippen LogP contribution is 2.40. The molecule has 0 spiro atoms. The van der Waals surface area contributed by atoms with Gasteiger partial charge in [0.1, 0.15) is 0 Å². The summed E-state index contributed by atoms with van der Waals surface area (Å²) in [6, 6.07) is 13.8. The van der Waals surface area contributed by atoms with Gasteiger partial charge in [-0.3, -0.25) is 0 Å². The van der Waals surface area contributed by atoms with Crippen molar-refractivity contribution in [3.63, 3.8) is 0 Å². The van der Waals surface area contributed by atoms with Gasteiger partial charge < -0.3 is 9.80 Å². The van der Waals surface area contributed by atoms with Crippen molar-refractivity contribution in [2.24, 2.45) is 0 Å². The molecule has 0 amide bonds. The summed E-state index contributed by atoms with van der Waals surface area (Å²) in [5.41, 5.74) is 8.34. The molecule has 2 nitrogen and oxygen atoms in total. The smallest absolute Gasteiger partial charge is 0.0369 e. The van der Waals surface area contributed by atoms with E-state index in [1.54, 1.807) is 0 Å². The lowest BCUT2D eigenvalue weighted by atomic mass is 10.0. The van der Waals surface area contributed by atoms with Crippen LogP contribution in [0.2, 0.25) is 0 Å². The number of rotatable bonds is 4. The standard InChI is InChI=1S/C19H24N2.2C2H6.4CH4/c1-5-20(3)16-9-7-14-11-15-8-10-17(21(4)6-2)13-19(15)18(14)12-16;2*1-2;;;;/h7-10,12-13H,5-6,11H2,1-4H3;2*1-2H3;4*1H4. The Morgan fingerprint density at radius 2 is 0.931 bits per heavy atom. The molecule has 0 radical (unpaired) electrons. The van der Waals surface area contributed by atoms with Crippen molar-refractivity contribution >= 4 is 11.4 Å². The molecular weight excluding hydrogens is 352 g/mol. The first-order valence-electron chi connectivity index (χ1n) is 9.82. The molecule has 0 saturated carbocycles. The van der Waals surface area contributed by atoms with Crippen molar-refractivity contribution in [2.45, 2.75) is 77.7 Å². The molecule has 0 N–H and O–H groups in total. The Bertz CT molecular complexity index is 604. The molecule has 0 heterocycles. The summed E-state index contributed by atoms with van der Waals surface area (Å²) < 4.78 is 0. The second kappa shape index (κ2) is 16.9. The van der Waals surface area contributed by atoms with E-state index in [0.29, 0.717) is 0 Å². The zero-order valence-electron chi connectivity index (χ0n) is 17.5. The minimum atomic E-state index is 0. The lowest BCUT2D eigenvalue weighted by Gasteiger charge is -2.19. The van der Waals surface area contributed by atoms with Gasteiger partial charge in [0, 0.05) is 38.6 Å². The van der Waals surface area contributed by atoms with E-state index in [1.807, 2.05) is 27.7 Å². The van der Waals surface area contributed by atoms with Gasteiger partial charge >= 0.3 is 0 Å². The lowest BCUT2D eigenvalue weighted by Crippen LogP contribution is -2.16. The maximum absolute atomic E-state index is 2.35. The quantitative estimate of drug-likeness (QED) is 0.428. The van der Waals surface area contributed by atoms with Crippen LogP contribution in [0.4, 0.5) is 11.4 Å². The first kappa shape index (κ1) is 34.5. The van der Waals surface area contributed by atoms with Gasteiger partial charge in [0.05, 0.1) is 0 Å². The van der Waals surface area contributed by atoms with Gasteiger partial charge in [-0.1, -0.05) is 69.5 Å². The van der Waals surface area contributed by atoms with Crippen molar-refractivity contribution < 1.29 is 0 Å². The highest BCUT2D eigenvalue weighted by atomic mass is 15.1. The van der Waals surface area contributed by atoms with E-state index in [1.165, 1.54) is 33.6 Å². The molecule has 29 heavy (non-hydrogen) atoms. The van der Waals surface area contributed by atoms with Crippen LogP contribution >= 0.6 is 0 Å². The van der Waals surface area contributed by atoms with Crippen LogP contribution in [-0.4, -0.2) is 27.2 Å². The van der Waals surface area contributed by atoms with E-state index in [0.717, 1.165) is 19.5 Å². The van der Waals surface area contributed by atoms with Crippen LogP contribution in [0.1, 0.15) is 82.4 Å². The highest BCUT2D eigenvalue weighted by Gasteiger charge is 2.20. The van der Waals surface area contributed by atoms with Crippen LogP contribution in [0, 0.1) is 0 Å². The normalized spacial score (nSPS) is 9.10. The fraction of sp³-hybridized carbons (Fsp3) is 0.556. The SMILES string of the molecule is C.C.C.C.CC.CC.CCN(C)c1ccc2c(c1)-c1cc(N(C)CC)ccc1C2. The third kappa shape index (κ3) is 7.76. The zero-order valence-corrected chi connectivity index (χ0v) is 17.5. The van der Waals surface area contributed by atoms with Crippen LogP contribution in [-0.2, 0) is 6.42 Å². The van der Waals surface area contributed by atoms with Crippen LogP contribution < -0.4 is 9.80 Å².